The Morgan fingerprint density at radius 1 is 1.00 bits per heavy atom. The minimum Gasteiger partial charge on any atom is -0.493 e. The summed E-state index contributed by atoms with van der Waals surface area (Å²) in [5.41, 5.74) is 7.03. The zero-order valence-electron chi connectivity index (χ0n) is 18.1. The van der Waals surface area contributed by atoms with Gasteiger partial charge in [0.1, 0.15) is 0 Å². The van der Waals surface area contributed by atoms with Gasteiger partial charge in [0.05, 0.1) is 14.2 Å². The van der Waals surface area contributed by atoms with Gasteiger partial charge in [-0.1, -0.05) is 12.1 Å². The maximum atomic E-state index is 12.7. The van der Waals surface area contributed by atoms with Crippen molar-refractivity contribution in [2.75, 3.05) is 32.6 Å². The van der Waals surface area contributed by atoms with Gasteiger partial charge in [-0.15, -0.1) is 0 Å². The summed E-state index contributed by atoms with van der Waals surface area (Å²) in [4.78, 5) is 37.6. The molecule has 0 fully saturated rings. The minimum absolute atomic E-state index is 0.0361. The molecular weight excluding hydrogens is 398 g/mol. The van der Waals surface area contributed by atoms with E-state index in [9.17, 15) is 14.4 Å². The van der Waals surface area contributed by atoms with E-state index >= 15 is 0 Å². The second kappa shape index (κ2) is 11.6. The van der Waals surface area contributed by atoms with Crippen LogP contribution in [0.25, 0.3) is 0 Å². The molecule has 0 atom stereocenters. The molecule has 8 heteroatoms. The van der Waals surface area contributed by atoms with Gasteiger partial charge in [-0.25, -0.2) is 0 Å². The zero-order chi connectivity index (χ0) is 22.8. The van der Waals surface area contributed by atoms with Crippen molar-refractivity contribution in [2.24, 2.45) is 5.73 Å². The Labute approximate surface area is 182 Å². The predicted octanol–water partition coefficient (Wildman–Crippen LogP) is 2.61. The van der Waals surface area contributed by atoms with Crippen LogP contribution in [-0.2, 0) is 16.0 Å². The number of carbonyl (C=O) groups excluding carboxylic acids is 3. The number of benzene rings is 2. The highest BCUT2D eigenvalue weighted by Gasteiger charge is 2.16. The van der Waals surface area contributed by atoms with Crippen molar-refractivity contribution in [1.29, 1.82) is 0 Å². The van der Waals surface area contributed by atoms with Crippen molar-refractivity contribution in [3.05, 3.63) is 53.6 Å². The molecule has 0 aromatic heterocycles. The summed E-state index contributed by atoms with van der Waals surface area (Å²) in [5.74, 6) is 0.475. The largest absolute Gasteiger partial charge is 0.493 e. The number of nitrogens with two attached hydrogens (primary N) is 1. The lowest BCUT2D eigenvalue weighted by molar-refractivity contribution is -0.131. The Morgan fingerprint density at radius 2 is 1.71 bits per heavy atom. The highest BCUT2D eigenvalue weighted by Crippen LogP contribution is 2.31. The molecule has 2 aromatic rings. The number of para-hydroxylation sites is 1. The van der Waals surface area contributed by atoms with Crippen LogP contribution in [0.5, 0.6) is 11.5 Å². The molecule has 166 valence electrons. The summed E-state index contributed by atoms with van der Waals surface area (Å²) in [6.45, 7) is 2.70. The Bertz CT molecular complexity index is 912. The molecule has 31 heavy (non-hydrogen) atoms. The van der Waals surface area contributed by atoms with E-state index < -0.39 is 5.91 Å². The molecule has 0 unspecified atom stereocenters. The lowest BCUT2D eigenvalue weighted by Crippen LogP contribution is -2.33. The molecule has 3 amide bonds. The zero-order valence-corrected chi connectivity index (χ0v) is 18.1. The molecule has 0 saturated heterocycles. The number of hydrogen-bond donors (Lipinski definition) is 2. The second-order valence-corrected chi connectivity index (χ2v) is 6.87. The number of hydrogen-bond acceptors (Lipinski definition) is 5. The third-order valence-electron chi connectivity index (χ3n) is 4.89. The molecule has 0 heterocycles. The summed E-state index contributed by atoms with van der Waals surface area (Å²) in [5, 5.41) is 2.75. The number of rotatable bonds is 11. The van der Waals surface area contributed by atoms with Gasteiger partial charge in [-0.05, 0) is 49.2 Å². The van der Waals surface area contributed by atoms with E-state index in [0.717, 1.165) is 5.56 Å². The third-order valence-corrected chi connectivity index (χ3v) is 4.89. The molecule has 0 spiro atoms. The van der Waals surface area contributed by atoms with Crippen LogP contribution in [0.2, 0.25) is 0 Å². The average Bonchev–Trinajstić information content (AvgIpc) is 2.77. The van der Waals surface area contributed by atoms with Crippen LogP contribution in [0.3, 0.4) is 0 Å². The number of anilines is 1. The van der Waals surface area contributed by atoms with E-state index in [0.29, 0.717) is 48.7 Å². The van der Waals surface area contributed by atoms with Gasteiger partial charge in [0.15, 0.2) is 11.5 Å². The van der Waals surface area contributed by atoms with Crippen LogP contribution in [0.4, 0.5) is 5.69 Å². The van der Waals surface area contributed by atoms with Crippen LogP contribution in [0.1, 0.15) is 35.7 Å². The third kappa shape index (κ3) is 6.74. The lowest BCUT2D eigenvalue weighted by Gasteiger charge is -2.21. The van der Waals surface area contributed by atoms with Crippen LogP contribution >= 0.6 is 0 Å². The molecule has 2 rings (SSSR count). The Morgan fingerprint density at radius 3 is 2.29 bits per heavy atom. The summed E-state index contributed by atoms with van der Waals surface area (Å²) >= 11 is 0. The fraction of sp³-hybridized carbons (Fsp3) is 0.348. The fourth-order valence-corrected chi connectivity index (χ4v) is 3.19. The van der Waals surface area contributed by atoms with E-state index in [1.165, 1.54) is 0 Å². The summed E-state index contributed by atoms with van der Waals surface area (Å²) in [6.07, 6.45) is 0.974. The van der Waals surface area contributed by atoms with Crippen LogP contribution in [-0.4, -0.2) is 49.9 Å². The molecular formula is C23H29N3O5. The van der Waals surface area contributed by atoms with Crippen molar-refractivity contribution in [2.45, 2.75) is 26.2 Å². The number of amides is 3. The second-order valence-electron chi connectivity index (χ2n) is 6.87. The van der Waals surface area contributed by atoms with Crippen molar-refractivity contribution in [3.8, 4) is 11.5 Å². The Balaban J connectivity index is 1.87. The minimum atomic E-state index is -0.526. The van der Waals surface area contributed by atoms with E-state index in [4.69, 9.17) is 15.2 Å². The van der Waals surface area contributed by atoms with Gasteiger partial charge in [-0.2, -0.15) is 0 Å². The Hall–Kier alpha value is -3.55. The molecule has 0 saturated carbocycles. The van der Waals surface area contributed by atoms with Crippen LogP contribution in [0.15, 0.2) is 42.5 Å². The number of nitrogens with zero attached hydrogens (tertiary/aromatic N) is 1. The standard InChI is InChI=1S/C23H29N3O5/c1-4-26(15-14-20(27)25-18-11-8-17(9-12-18)23(24)29)21(28)13-10-16-6-5-7-19(30-2)22(16)31-3/h5-9,11-12H,4,10,13-15H2,1-3H3,(H2,24,29)(H,25,27). The quantitative estimate of drug-likeness (QED) is 0.573. The van der Waals surface area contributed by atoms with Gasteiger partial charge in [0, 0.05) is 37.2 Å². The Kier molecular flexibility index (Phi) is 8.87. The normalized spacial score (nSPS) is 10.3. The number of ether oxygens (including phenoxy) is 2. The van der Waals surface area contributed by atoms with E-state index in [2.05, 4.69) is 5.32 Å². The summed E-state index contributed by atoms with van der Waals surface area (Å²) in [7, 11) is 3.14. The highest BCUT2D eigenvalue weighted by molar-refractivity contribution is 5.94. The first-order valence-electron chi connectivity index (χ1n) is 10.1. The van der Waals surface area contributed by atoms with Gasteiger partial charge in [0.25, 0.3) is 0 Å². The number of nitrogens with one attached hydrogen (secondary N) is 1. The van der Waals surface area contributed by atoms with Gasteiger partial charge in [0.2, 0.25) is 17.7 Å². The topological polar surface area (TPSA) is 111 Å². The first kappa shape index (κ1) is 23.7. The molecule has 0 aliphatic carbocycles. The number of primary amides is 1. The smallest absolute Gasteiger partial charge is 0.248 e. The first-order valence-corrected chi connectivity index (χ1v) is 10.1. The molecule has 2 aromatic carbocycles. The van der Waals surface area contributed by atoms with Gasteiger partial charge >= 0.3 is 0 Å². The van der Waals surface area contributed by atoms with E-state index in [1.807, 2.05) is 25.1 Å². The highest BCUT2D eigenvalue weighted by atomic mass is 16.5. The van der Waals surface area contributed by atoms with E-state index in [-0.39, 0.29) is 18.2 Å². The van der Waals surface area contributed by atoms with Crippen molar-refractivity contribution < 1.29 is 23.9 Å². The molecule has 3 N–H and O–H groups in total. The summed E-state index contributed by atoms with van der Waals surface area (Å²) < 4.78 is 10.7. The molecule has 0 aliphatic rings. The number of aryl methyl sites for hydroxylation is 1. The van der Waals surface area contributed by atoms with Crippen molar-refractivity contribution in [1.82, 2.24) is 4.90 Å². The van der Waals surface area contributed by atoms with E-state index in [1.54, 1.807) is 43.4 Å². The van der Waals surface area contributed by atoms with Crippen molar-refractivity contribution >= 4 is 23.4 Å². The van der Waals surface area contributed by atoms with Crippen LogP contribution < -0.4 is 20.5 Å². The number of methoxy groups -OCH3 is 2. The maximum absolute atomic E-state index is 12.7. The van der Waals surface area contributed by atoms with Crippen molar-refractivity contribution in [3.63, 3.8) is 0 Å². The fourth-order valence-electron chi connectivity index (χ4n) is 3.19. The van der Waals surface area contributed by atoms with Crippen LogP contribution in [0, 0.1) is 0 Å². The van der Waals surface area contributed by atoms with Gasteiger partial charge < -0.3 is 25.4 Å². The SMILES string of the molecule is CCN(CCC(=O)Nc1ccc(C(N)=O)cc1)C(=O)CCc1cccc(OC)c1OC. The molecule has 0 aliphatic heterocycles. The molecule has 8 nitrogen and oxygen atoms in total. The predicted molar refractivity (Wildman–Crippen MR) is 118 cm³/mol. The van der Waals surface area contributed by atoms with Gasteiger partial charge in [-0.3, -0.25) is 14.4 Å². The maximum Gasteiger partial charge on any atom is 0.248 e. The molecule has 0 bridgehead atoms. The average molecular weight is 428 g/mol. The molecule has 0 radical (unpaired) electrons. The lowest BCUT2D eigenvalue weighted by atomic mass is 10.1. The summed E-state index contributed by atoms with van der Waals surface area (Å²) in [6, 6.07) is 11.9. The number of carbonyl (C=O) groups is 3. The monoisotopic (exact) mass is 427 g/mol. The first-order chi connectivity index (χ1) is 14.9.